The molecule has 0 aliphatic carbocycles. The fourth-order valence-corrected chi connectivity index (χ4v) is 2.50. The average Bonchev–Trinajstić information content (AvgIpc) is 2.27. The summed E-state index contributed by atoms with van der Waals surface area (Å²) in [6, 6.07) is 2.39. The summed E-state index contributed by atoms with van der Waals surface area (Å²) in [4.78, 5) is 13.0. The quantitative estimate of drug-likeness (QED) is 0.878. The Kier molecular flexibility index (Phi) is 3.77. The maximum absolute atomic E-state index is 13.9. The van der Waals surface area contributed by atoms with E-state index in [-0.39, 0.29) is 6.04 Å². The van der Waals surface area contributed by atoms with Crippen LogP contribution in [0.15, 0.2) is 12.1 Å². The Hall–Kier alpha value is -1.73. The summed E-state index contributed by atoms with van der Waals surface area (Å²) in [6.45, 7) is 2.98. The van der Waals surface area contributed by atoms with Crippen LogP contribution in [-0.2, 0) is 9.47 Å². The minimum Gasteiger partial charge on any atom is -0.381 e. The first-order chi connectivity index (χ1) is 10.1. The first kappa shape index (κ1) is 14.2. The molecule has 0 atom stereocenters. The Balaban J connectivity index is 1.89. The van der Waals surface area contributed by atoms with E-state index in [1.807, 2.05) is 4.90 Å². The molecule has 114 valence electrons. The number of amides is 1. The van der Waals surface area contributed by atoms with Gasteiger partial charge in [0.2, 0.25) is 0 Å². The second-order valence-electron chi connectivity index (χ2n) is 5.40. The maximum atomic E-state index is 13.9. The third-order valence-electron chi connectivity index (χ3n) is 3.83. The Morgan fingerprint density at radius 1 is 1.19 bits per heavy atom. The van der Waals surface area contributed by atoms with Crippen LogP contribution in [-0.4, -0.2) is 44.9 Å². The molecule has 1 aromatic carbocycles. The number of rotatable bonds is 5. The molecule has 2 N–H and O–H groups in total. The third-order valence-corrected chi connectivity index (χ3v) is 3.83. The smallest absolute Gasteiger partial charge is 0.254 e. The molecule has 3 rings (SSSR count). The van der Waals surface area contributed by atoms with Gasteiger partial charge < -0.3 is 20.1 Å². The number of carbonyl (C=O) groups is 1. The highest BCUT2D eigenvalue weighted by Gasteiger charge is 2.32. The van der Waals surface area contributed by atoms with E-state index in [1.165, 1.54) is 0 Å². The van der Waals surface area contributed by atoms with Gasteiger partial charge in [0.05, 0.1) is 32.5 Å². The lowest BCUT2D eigenvalue weighted by Crippen LogP contribution is -2.53. The number of halogens is 2. The van der Waals surface area contributed by atoms with Crippen molar-refractivity contribution in [3.05, 3.63) is 29.3 Å². The SMILES string of the molecule is NC(=O)c1c(F)cc(N(CC2COC2)C2COC2)cc1F. The minimum absolute atomic E-state index is 0.0869. The van der Waals surface area contributed by atoms with Crippen LogP contribution in [0, 0.1) is 17.6 Å². The van der Waals surface area contributed by atoms with Crippen LogP contribution >= 0.6 is 0 Å². The highest BCUT2D eigenvalue weighted by atomic mass is 19.1. The summed E-state index contributed by atoms with van der Waals surface area (Å²) in [6.07, 6.45) is 0. The largest absolute Gasteiger partial charge is 0.381 e. The molecule has 0 aromatic heterocycles. The second kappa shape index (κ2) is 5.57. The second-order valence-corrected chi connectivity index (χ2v) is 5.40. The summed E-state index contributed by atoms with van der Waals surface area (Å²) in [7, 11) is 0. The van der Waals surface area contributed by atoms with Crippen LogP contribution in [0.25, 0.3) is 0 Å². The van der Waals surface area contributed by atoms with Gasteiger partial charge in [0.25, 0.3) is 5.91 Å². The fourth-order valence-electron chi connectivity index (χ4n) is 2.50. The van der Waals surface area contributed by atoms with Gasteiger partial charge >= 0.3 is 0 Å². The summed E-state index contributed by atoms with van der Waals surface area (Å²) in [5.74, 6) is -2.64. The van der Waals surface area contributed by atoms with Crippen molar-refractivity contribution in [3.63, 3.8) is 0 Å². The predicted molar refractivity (Wildman–Crippen MR) is 71.1 cm³/mol. The topological polar surface area (TPSA) is 64.8 Å². The van der Waals surface area contributed by atoms with Crippen molar-refractivity contribution in [1.29, 1.82) is 0 Å². The van der Waals surface area contributed by atoms with Crippen molar-refractivity contribution in [1.82, 2.24) is 0 Å². The molecule has 0 saturated carbocycles. The Labute approximate surface area is 120 Å². The number of primary amides is 1. The molecule has 2 aliphatic heterocycles. The first-order valence-corrected chi connectivity index (χ1v) is 6.77. The fraction of sp³-hybridized carbons (Fsp3) is 0.500. The molecule has 2 fully saturated rings. The molecule has 21 heavy (non-hydrogen) atoms. The molecule has 5 nitrogen and oxygen atoms in total. The standard InChI is InChI=1S/C14H16F2N2O3/c15-11-1-9(2-12(16)13(11)14(17)19)18(10-6-21-7-10)3-8-4-20-5-8/h1-2,8,10H,3-7H2,(H2,17,19). The summed E-state index contributed by atoms with van der Waals surface area (Å²) in [5, 5.41) is 0. The monoisotopic (exact) mass is 298 g/mol. The zero-order valence-electron chi connectivity index (χ0n) is 11.4. The van der Waals surface area contributed by atoms with E-state index in [0.717, 1.165) is 12.1 Å². The lowest BCUT2D eigenvalue weighted by atomic mass is 10.0. The molecular formula is C14H16F2N2O3. The third kappa shape index (κ3) is 2.71. The van der Waals surface area contributed by atoms with E-state index in [9.17, 15) is 13.6 Å². The number of nitrogens with two attached hydrogens (primary N) is 1. The number of nitrogens with zero attached hydrogens (tertiary/aromatic N) is 1. The number of carbonyl (C=O) groups excluding carboxylic acids is 1. The van der Waals surface area contributed by atoms with Gasteiger partial charge in [-0.2, -0.15) is 0 Å². The number of hydrogen-bond donors (Lipinski definition) is 1. The average molecular weight is 298 g/mol. The van der Waals surface area contributed by atoms with Gasteiger partial charge in [-0.3, -0.25) is 4.79 Å². The van der Waals surface area contributed by atoms with E-state index in [1.54, 1.807) is 0 Å². The zero-order chi connectivity index (χ0) is 15.0. The van der Waals surface area contributed by atoms with Crippen LogP contribution in [0.4, 0.5) is 14.5 Å². The molecular weight excluding hydrogens is 282 g/mol. The van der Waals surface area contributed by atoms with Gasteiger partial charge in [-0.1, -0.05) is 0 Å². The van der Waals surface area contributed by atoms with E-state index < -0.39 is 23.1 Å². The van der Waals surface area contributed by atoms with Crippen molar-refractivity contribution in [2.24, 2.45) is 11.7 Å². The van der Waals surface area contributed by atoms with E-state index in [0.29, 0.717) is 44.6 Å². The zero-order valence-corrected chi connectivity index (χ0v) is 11.4. The molecule has 2 saturated heterocycles. The van der Waals surface area contributed by atoms with E-state index >= 15 is 0 Å². The predicted octanol–water partition coefficient (Wildman–Crippen LogP) is 0.915. The van der Waals surface area contributed by atoms with Gasteiger partial charge in [0.1, 0.15) is 17.2 Å². The molecule has 7 heteroatoms. The number of benzene rings is 1. The van der Waals surface area contributed by atoms with Crippen molar-refractivity contribution < 1.29 is 23.0 Å². The van der Waals surface area contributed by atoms with Crippen LogP contribution < -0.4 is 10.6 Å². The Morgan fingerprint density at radius 3 is 2.14 bits per heavy atom. The van der Waals surface area contributed by atoms with Crippen LogP contribution in [0.3, 0.4) is 0 Å². The van der Waals surface area contributed by atoms with Crippen molar-refractivity contribution >= 4 is 11.6 Å². The summed E-state index contributed by atoms with van der Waals surface area (Å²) < 4.78 is 38.1. The minimum atomic E-state index is -1.11. The lowest BCUT2D eigenvalue weighted by Gasteiger charge is -2.42. The highest BCUT2D eigenvalue weighted by Crippen LogP contribution is 2.28. The van der Waals surface area contributed by atoms with Gasteiger partial charge in [-0.05, 0) is 12.1 Å². The molecule has 2 aliphatic rings. The number of anilines is 1. The van der Waals surface area contributed by atoms with Gasteiger partial charge in [-0.25, -0.2) is 8.78 Å². The van der Waals surface area contributed by atoms with Crippen molar-refractivity contribution in [3.8, 4) is 0 Å². The number of ether oxygens (including phenoxy) is 2. The highest BCUT2D eigenvalue weighted by molar-refractivity contribution is 5.93. The lowest BCUT2D eigenvalue weighted by molar-refractivity contribution is -0.0372. The van der Waals surface area contributed by atoms with Crippen molar-refractivity contribution in [2.75, 3.05) is 37.9 Å². The summed E-state index contributed by atoms with van der Waals surface area (Å²) >= 11 is 0. The van der Waals surface area contributed by atoms with Gasteiger partial charge in [0, 0.05) is 18.2 Å². The molecule has 2 heterocycles. The Bertz CT molecular complexity index is 536. The Morgan fingerprint density at radius 2 is 1.76 bits per heavy atom. The van der Waals surface area contributed by atoms with Crippen LogP contribution in [0.1, 0.15) is 10.4 Å². The summed E-state index contributed by atoms with van der Waals surface area (Å²) in [5.41, 5.74) is 4.68. The van der Waals surface area contributed by atoms with Gasteiger partial charge in [0.15, 0.2) is 0 Å². The van der Waals surface area contributed by atoms with E-state index in [4.69, 9.17) is 15.2 Å². The van der Waals surface area contributed by atoms with Crippen LogP contribution in [0.5, 0.6) is 0 Å². The molecule has 1 amide bonds. The molecule has 0 radical (unpaired) electrons. The van der Waals surface area contributed by atoms with Gasteiger partial charge in [-0.15, -0.1) is 0 Å². The van der Waals surface area contributed by atoms with E-state index in [2.05, 4.69) is 0 Å². The molecule has 0 spiro atoms. The number of hydrogen-bond acceptors (Lipinski definition) is 4. The molecule has 0 bridgehead atoms. The normalized spacial score (nSPS) is 19.0. The molecule has 1 aromatic rings. The first-order valence-electron chi connectivity index (χ1n) is 6.77. The molecule has 0 unspecified atom stereocenters. The van der Waals surface area contributed by atoms with Crippen LogP contribution in [0.2, 0.25) is 0 Å². The van der Waals surface area contributed by atoms with Crippen molar-refractivity contribution in [2.45, 2.75) is 6.04 Å². The maximum Gasteiger partial charge on any atom is 0.254 e.